The van der Waals surface area contributed by atoms with Crippen LogP contribution < -0.4 is 4.90 Å². The summed E-state index contributed by atoms with van der Waals surface area (Å²) in [6.45, 7) is 10.4. The van der Waals surface area contributed by atoms with Gasteiger partial charge < -0.3 is 9.64 Å². The molecule has 0 radical (unpaired) electrons. The van der Waals surface area contributed by atoms with E-state index in [1.54, 1.807) is 36.1 Å². The van der Waals surface area contributed by atoms with Gasteiger partial charge in [-0.2, -0.15) is 0 Å². The molecule has 1 unspecified atom stereocenters. The third-order valence-electron chi connectivity index (χ3n) is 8.84. The van der Waals surface area contributed by atoms with E-state index in [1.165, 1.54) is 4.90 Å². The monoisotopic (exact) mass is 482 g/mol. The number of carbonyl (C=O) groups is 4. The van der Waals surface area contributed by atoms with Crippen LogP contribution >= 0.6 is 0 Å². The smallest absolute Gasteiger partial charge is 0.338 e. The number of ether oxygens (including phenoxy) is 1. The van der Waals surface area contributed by atoms with Gasteiger partial charge in [-0.3, -0.25) is 14.4 Å². The first-order valence-electron chi connectivity index (χ1n) is 13.0. The van der Waals surface area contributed by atoms with Crippen LogP contribution in [0.15, 0.2) is 24.3 Å². The predicted molar refractivity (Wildman–Crippen MR) is 133 cm³/mol. The zero-order valence-corrected chi connectivity index (χ0v) is 21.6. The summed E-state index contributed by atoms with van der Waals surface area (Å²) in [5, 5.41) is 0. The van der Waals surface area contributed by atoms with E-state index in [9.17, 15) is 19.2 Å². The molecule has 2 saturated carbocycles. The minimum Gasteiger partial charge on any atom is -0.462 e. The van der Waals surface area contributed by atoms with Crippen molar-refractivity contribution in [2.75, 3.05) is 11.5 Å². The Hall–Kier alpha value is -2.70. The van der Waals surface area contributed by atoms with E-state index in [0.717, 1.165) is 38.5 Å². The zero-order chi connectivity index (χ0) is 25.5. The maximum atomic E-state index is 14.0. The maximum Gasteiger partial charge on any atom is 0.338 e. The number of anilines is 1. The van der Waals surface area contributed by atoms with E-state index in [0.29, 0.717) is 11.3 Å². The van der Waals surface area contributed by atoms with Crippen molar-refractivity contribution in [3.8, 4) is 0 Å². The molecule has 0 aromatic heterocycles. The Morgan fingerprint density at radius 2 is 1.54 bits per heavy atom. The average Bonchev–Trinajstić information content (AvgIpc) is 3.23. The summed E-state index contributed by atoms with van der Waals surface area (Å²) in [5.41, 5.74) is 0.471. The molecule has 0 N–H and O–H groups in total. The standard InChI is InChI=1S/C28H38N2O5/c1-6-35-26(34)18-13-15-20(16-14-18)30-22(31)17-21(24(30)32)29(19-11-9-7-8-10-12-19)25(33)23-27(2,3)28(23,4)5/h13-16,19,21,23H,6-12,17H2,1-5H3. The summed E-state index contributed by atoms with van der Waals surface area (Å²) in [4.78, 5) is 55.8. The molecular weight excluding hydrogens is 444 g/mol. The van der Waals surface area contributed by atoms with E-state index in [2.05, 4.69) is 27.7 Å². The normalized spacial score (nSPS) is 24.3. The van der Waals surface area contributed by atoms with Gasteiger partial charge in [0.1, 0.15) is 6.04 Å². The Labute approximate surface area is 208 Å². The fourth-order valence-electron chi connectivity index (χ4n) is 6.15. The van der Waals surface area contributed by atoms with Gasteiger partial charge in [0.2, 0.25) is 11.8 Å². The van der Waals surface area contributed by atoms with Crippen LogP contribution in [0.3, 0.4) is 0 Å². The Bertz CT molecular complexity index is 991. The summed E-state index contributed by atoms with van der Waals surface area (Å²) in [5.74, 6) is -1.27. The average molecular weight is 483 g/mol. The second kappa shape index (κ2) is 9.40. The minimum absolute atomic E-state index is 0.00568. The Kier molecular flexibility index (Phi) is 6.82. The van der Waals surface area contributed by atoms with E-state index in [1.807, 2.05) is 0 Å². The highest BCUT2D eigenvalue weighted by atomic mass is 16.5. The largest absolute Gasteiger partial charge is 0.462 e. The number of hydrogen-bond donors (Lipinski definition) is 0. The Morgan fingerprint density at radius 1 is 0.971 bits per heavy atom. The van der Waals surface area contributed by atoms with Crippen LogP contribution in [-0.2, 0) is 19.1 Å². The molecule has 0 spiro atoms. The van der Waals surface area contributed by atoms with E-state index in [4.69, 9.17) is 4.74 Å². The number of nitrogens with zero attached hydrogens (tertiary/aromatic N) is 2. The number of benzene rings is 1. The van der Waals surface area contributed by atoms with E-state index in [-0.39, 0.29) is 53.5 Å². The van der Waals surface area contributed by atoms with Crippen molar-refractivity contribution in [2.24, 2.45) is 16.7 Å². The first-order chi connectivity index (χ1) is 16.5. The Balaban J connectivity index is 1.62. The second-order valence-electron chi connectivity index (χ2n) is 11.3. The summed E-state index contributed by atoms with van der Waals surface area (Å²) in [7, 11) is 0. The third-order valence-corrected chi connectivity index (χ3v) is 8.84. The molecule has 1 saturated heterocycles. The number of imide groups is 1. The molecule has 3 amide bonds. The number of amides is 3. The minimum atomic E-state index is -0.782. The molecule has 1 atom stereocenters. The van der Waals surface area contributed by atoms with Gasteiger partial charge in [0.15, 0.2) is 0 Å². The molecule has 3 fully saturated rings. The number of rotatable bonds is 6. The van der Waals surface area contributed by atoms with Gasteiger partial charge >= 0.3 is 5.97 Å². The summed E-state index contributed by atoms with van der Waals surface area (Å²) < 4.78 is 5.02. The van der Waals surface area contributed by atoms with Gasteiger partial charge in [0.05, 0.1) is 24.3 Å². The van der Waals surface area contributed by atoms with Crippen molar-refractivity contribution in [1.29, 1.82) is 0 Å². The van der Waals surface area contributed by atoms with Gasteiger partial charge in [-0.25, -0.2) is 9.69 Å². The highest BCUT2D eigenvalue weighted by molar-refractivity contribution is 6.23. The lowest BCUT2D eigenvalue weighted by molar-refractivity contribution is -0.143. The first-order valence-corrected chi connectivity index (χ1v) is 13.0. The molecule has 2 aliphatic carbocycles. The van der Waals surface area contributed by atoms with Crippen molar-refractivity contribution in [1.82, 2.24) is 4.90 Å². The van der Waals surface area contributed by atoms with Crippen molar-refractivity contribution in [3.63, 3.8) is 0 Å². The molecule has 190 valence electrons. The lowest BCUT2D eigenvalue weighted by atomic mass is 10.0. The molecule has 3 aliphatic rings. The molecule has 35 heavy (non-hydrogen) atoms. The highest BCUT2D eigenvalue weighted by Crippen LogP contribution is 2.69. The summed E-state index contributed by atoms with van der Waals surface area (Å²) in [6, 6.07) is 5.50. The molecule has 1 aliphatic heterocycles. The van der Waals surface area contributed by atoms with Crippen LogP contribution in [0.1, 0.15) is 89.9 Å². The topological polar surface area (TPSA) is 84.0 Å². The van der Waals surface area contributed by atoms with Gasteiger partial charge in [-0.15, -0.1) is 0 Å². The summed E-state index contributed by atoms with van der Waals surface area (Å²) in [6.07, 6.45) is 6.05. The van der Waals surface area contributed by atoms with Crippen LogP contribution in [-0.4, -0.2) is 47.3 Å². The van der Waals surface area contributed by atoms with Gasteiger partial charge in [0, 0.05) is 12.0 Å². The third kappa shape index (κ3) is 4.38. The second-order valence-corrected chi connectivity index (χ2v) is 11.3. The van der Waals surface area contributed by atoms with Crippen molar-refractivity contribution in [2.45, 2.75) is 91.6 Å². The van der Waals surface area contributed by atoms with Crippen LogP contribution in [0.2, 0.25) is 0 Å². The highest BCUT2D eigenvalue weighted by Gasteiger charge is 2.69. The van der Waals surface area contributed by atoms with Gasteiger partial charge in [0.25, 0.3) is 5.91 Å². The zero-order valence-electron chi connectivity index (χ0n) is 21.6. The molecule has 1 aromatic carbocycles. The van der Waals surface area contributed by atoms with Crippen LogP contribution in [0, 0.1) is 16.7 Å². The molecule has 4 rings (SSSR count). The maximum absolute atomic E-state index is 14.0. The fourth-order valence-corrected chi connectivity index (χ4v) is 6.15. The van der Waals surface area contributed by atoms with Gasteiger partial charge in [-0.05, 0) is 54.9 Å². The molecule has 7 nitrogen and oxygen atoms in total. The number of carbonyl (C=O) groups excluding carboxylic acids is 4. The summed E-state index contributed by atoms with van der Waals surface area (Å²) >= 11 is 0. The molecule has 1 heterocycles. The molecule has 1 aromatic rings. The molecule has 7 heteroatoms. The number of esters is 1. The van der Waals surface area contributed by atoms with Crippen molar-refractivity contribution in [3.05, 3.63) is 29.8 Å². The van der Waals surface area contributed by atoms with E-state index >= 15 is 0 Å². The van der Waals surface area contributed by atoms with Crippen LogP contribution in [0.5, 0.6) is 0 Å². The quantitative estimate of drug-likeness (QED) is 0.333. The first kappa shape index (κ1) is 25.4. The molecule has 0 bridgehead atoms. The fraction of sp³-hybridized carbons (Fsp3) is 0.643. The van der Waals surface area contributed by atoms with Gasteiger partial charge in [-0.1, -0.05) is 53.4 Å². The van der Waals surface area contributed by atoms with Crippen molar-refractivity contribution < 1.29 is 23.9 Å². The van der Waals surface area contributed by atoms with E-state index < -0.39 is 12.0 Å². The SMILES string of the molecule is CCOC(=O)c1ccc(N2C(=O)CC(N(C(=O)C3C(C)(C)C3(C)C)C3CCCCCC3)C2=O)cc1. The lowest BCUT2D eigenvalue weighted by Crippen LogP contribution is -2.52. The predicted octanol–water partition coefficient (Wildman–Crippen LogP) is 4.73. The number of hydrogen-bond acceptors (Lipinski definition) is 5. The lowest BCUT2D eigenvalue weighted by Gasteiger charge is -2.36. The molecular formula is C28H38N2O5. The van der Waals surface area contributed by atoms with Crippen LogP contribution in [0.4, 0.5) is 5.69 Å². The van der Waals surface area contributed by atoms with Crippen molar-refractivity contribution >= 4 is 29.4 Å². The Morgan fingerprint density at radius 3 is 2.06 bits per heavy atom. The van der Waals surface area contributed by atoms with Crippen LogP contribution in [0.25, 0.3) is 0 Å².